The van der Waals surface area contributed by atoms with Crippen LogP contribution in [0.4, 0.5) is 5.69 Å². The van der Waals surface area contributed by atoms with Gasteiger partial charge in [0.1, 0.15) is 19.0 Å². The van der Waals surface area contributed by atoms with E-state index in [-0.39, 0.29) is 17.6 Å². The predicted molar refractivity (Wildman–Crippen MR) is 106 cm³/mol. The van der Waals surface area contributed by atoms with Crippen LogP contribution in [-0.4, -0.2) is 30.8 Å². The third-order valence-corrected chi connectivity index (χ3v) is 4.17. The largest absolute Gasteiger partial charge is 0.486 e. The maximum Gasteiger partial charge on any atom is 0.276 e. The summed E-state index contributed by atoms with van der Waals surface area (Å²) in [5.41, 5.74) is 8.12. The molecule has 7 nitrogen and oxygen atoms in total. The lowest BCUT2D eigenvalue weighted by atomic mass is 10.1. The van der Waals surface area contributed by atoms with E-state index in [0.717, 1.165) is 11.3 Å². The highest BCUT2D eigenvalue weighted by molar-refractivity contribution is 7.80. The van der Waals surface area contributed by atoms with E-state index in [1.54, 1.807) is 12.1 Å². The maximum atomic E-state index is 11.9. The number of hydrogen-bond donors (Lipinski definition) is 3. The van der Waals surface area contributed by atoms with Gasteiger partial charge in [-0.25, -0.2) is 0 Å². The number of ether oxygens (including phenoxy) is 3. The van der Waals surface area contributed by atoms with Crippen molar-refractivity contribution in [2.75, 3.05) is 25.1 Å². The molecule has 0 bridgehead atoms. The number of thiocarbonyl (C=S) groups is 1. The normalized spacial score (nSPS) is 12.1. The van der Waals surface area contributed by atoms with E-state index in [1.165, 1.54) is 5.56 Å². The van der Waals surface area contributed by atoms with E-state index in [4.69, 9.17) is 26.4 Å². The van der Waals surface area contributed by atoms with Gasteiger partial charge in [0.25, 0.3) is 5.91 Å². The van der Waals surface area contributed by atoms with Crippen molar-refractivity contribution in [3.8, 4) is 17.2 Å². The Hall–Kier alpha value is -3.00. The molecule has 2 aromatic rings. The summed E-state index contributed by atoms with van der Waals surface area (Å²) in [6, 6.07) is 11.1. The third kappa shape index (κ3) is 5.24. The summed E-state index contributed by atoms with van der Waals surface area (Å²) >= 11 is 5.17. The average Bonchev–Trinajstić information content (AvgIpc) is 2.67. The van der Waals surface area contributed by atoms with E-state index in [1.807, 2.05) is 38.1 Å². The SMILES string of the molecule is Cc1ccc(OCC(=O)NNC(=S)Nc2ccc3c(c2)OCCO3)cc1C. The van der Waals surface area contributed by atoms with Crippen LogP contribution in [0, 0.1) is 13.8 Å². The Morgan fingerprint density at radius 1 is 1.04 bits per heavy atom. The van der Waals surface area contributed by atoms with Gasteiger partial charge in [0.15, 0.2) is 23.2 Å². The lowest BCUT2D eigenvalue weighted by Gasteiger charge is -2.19. The van der Waals surface area contributed by atoms with Crippen molar-refractivity contribution >= 4 is 28.9 Å². The molecule has 27 heavy (non-hydrogen) atoms. The van der Waals surface area contributed by atoms with Crippen LogP contribution in [0.1, 0.15) is 11.1 Å². The molecular formula is C19H21N3O4S. The molecule has 2 aromatic carbocycles. The zero-order valence-corrected chi connectivity index (χ0v) is 15.9. The second kappa shape index (κ2) is 8.59. The molecule has 0 radical (unpaired) electrons. The molecule has 0 spiro atoms. The Morgan fingerprint density at radius 2 is 1.81 bits per heavy atom. The molecular weight excluding hydrogens is 366 g/mol. The summed E-state index contributed by atoms with van der Waals surface area (Å²) in [4.78, 5) is 11.9. The molecule has 142 valence electrons. The number of amides is 1. The Bertz CT molecular complexity index is 857. The standard InChI is InChI=1S/C19H21N3O4S/c1-12-3-5-15(9-13(12)2)26-11-18(23)21-22-19(27)20-14-4-6-16-17(10-14)25-8-7-24-16/h3-6,9-10H,7-8,11H2,1-2H3,(H,21,23)(H2,20,22,27). The molecule has 8 heteroatoms. The van der Waals surface area contributed by atoms with Crippen molar-refractivity contribution in [2.45, 2.75) is 13.8 Å². The van der Waals surface area contributed by atoms with Gasteiger partial charge in [-0.3, -0.25) is 15.6 Å². The summed E-state index contributed by atoms with van der Waals surface area (Å²) < 4.78 is 16.5. The number of anilines is 1. The first-order valence-electron chi connectivity index (χ1n) is 8.47. The van der Waals surface area contributed by atoms with E-state index in [9.17, 15) is 4.79 Å². The first kappa shape index (κ1) is 18.8. The van der Waals surface area contributed by atoms with Crippen LogP contribution in [0.2, 0.25) is 0 Å². The van der Waals surface area contributed by atoms with Gasteiger partial charge in [-0.15, -0.1) is 0 Å². The fraction of sp³-hybridized carbons (Fsp3) is 0.263. The fourth-order valence-electron chi connectivity index (χ4n) is 2.40. The minimum Gasteiger partial charge on any atom is -0.486 e. The quantitative estimate of drug-likeness (QED) is 0.549. The molecule has 0 saturated heterocycles. The number of carbonyl (C=O) groups is 1. The number of benzene rings is 2. The highest BCUT2D eigenvalue weighted by Gasteiger charge is 2.12. The Morgan fingerprint density at radius 3 is 2.59 bits per heavy atom. The number of fused-ring (bicyclic) bond motifs is 1. The van der Waals surface area contributed by atoms with Crippen LogP contribution in [0.5, 0.6) is 17.2 Å². The number of carbonyl (C=O) groups excluding carboxylic acids is 1. The first-order valence-corrected chi connectivity index (χ1v) is 8.87. The van der Waals surface area contributed by atoms with Gasteiger partial charge in [-0.2, -0.15) is 0 Å². The lowest BCUT2D eigenvalue weighted by Crippen LogP contribution is -2.45. The summed E-state index contributed by atoms with van der Waals surface area (Å²) in [6.45, 7) is 4.94. The number of nitrogens with one attached hydrogen (secondary N) is 3. The van der Waals surface area contributed by atoms with Gasteiger partial charge in [0.2, 0.25) is 0 Å². The number of aryl methyl sites for hydroxylation is 2. The summed E-state index contributed by atoms with van der Waals surface area (Å²) in [6.07, 6.45) is 0. The number of hydrogen-bond acceptors (Lipinski definition) is 5. The second-order valence-corrected chi connectivity index (χ2v) is 6.43. The van der Waals surface area contributed by atoms with Gasteiger partial charge in [-0.05, 0) is 61.5 Å². The van der Waals surface area contributed by atoms with Crippen LogP contribution in [0.15, 0.2) is 36.4 Å². The molecule has 0 fully saturated rings. The van der Waals surface area contributed by atoms with E-state index in [0.29, 0.717) is 30.5 Å². The van der Waals surface area contributed by atoms with Crippen LogP contribution in [-0.2, 0) is 4.79 Å². The molecule has 1 amide bonds. The van der Waals surface area contributed by atoms with Crippen molar-refractivity contribution in [1.82, 2.24) is 10.9 Å². The Balaban J connectivity index is 1.43. The Labute approximate surface area is 163 Å². The summed E-state index contributed by atoms with van der Waals surface area (Å²) in [7, 11) is 0. The fourth-order valence-corrected chi connectivity index (χ4v) is 2.57. The molecule has 1 aliphatic rings. The smallest absolute Gasteiger partial charge is 0.276 e. The molecule has 0 atom stereocenters. The second-order valence-electron chi connectivity index (χ2n) is 6.02. The molecule has 0 unspecified atom stereocenters. The van der Waals surface area contributed by atoms with Crippen LogP contribution in [0.25, 0.3) is 0 Å². The van der Waals surface area contributed by atoms with Crippen molar-refractivity contribution in [3.63, 3.8) is 0 Å². The van der Waals surface area contributed by atoms with Gasteiger partial charge < -0.3 is 19.5 Å². The molecule has 3 rings (SSSR count). The van der Waals surface area contributed by atoms with Crippen molar-refractivity contribution in [2.24, 2.45) is 0 Å². The van der Waals surface area contributed by atoms with Gasteiger partial charge in [0.05, 0.1) is 0 Å². The zero-order chi connectivity index (χ0) is 19.2. The number of rotatable bonds is 4. The van der Waals surface area contributed by atoms with E-state index >= 15 is 0 Å². The predicted octanol–water partition coefficient (Wildman–Crippen LogP) is 2.47. The van der Waals surface area contributed by atoms with Gasteiger partial charge >= 0.3 is 0 Å². The van der Waals surface area contributed by atoms with Crippen LogP contribution >= 0.6 is 12.2 Å². The van der Waals surface area contributed by atoms with E-state index < -0.39 is 0 Å². The topological polar surface area (TPSA) is 80.9 Å². The average molecular weight is 387 g/mol. The molecule has 0 aromatic heterocycles. The maximum absolute atomic E-state index is 11.9. The molecule has 3 N–H and O–H groups in total. The molecule has 0 aliphatic carbocycles. The van der Waals surface area contributed by atoms with Crippen LogP contribution in [0.3, 0.4) is 0 Å². The van der Waals surface area contributed by atoms with E-state index in [2.05, 4.69) is 16.2 Å². The molecule has 1 heterocycles. The minimum atomic E-state index is -0.348. The van der Waals surface area contributed by atoms with Crippen molar-refractivity contribution in [3.05, 3.63) is 47.5 Å². The van der Waals surface area contributed by atoms with Crippen molar-refractivity contribution in [1.29, 1.82) is 0 Å². The lowest BCUT2D eigenvalue weighted by molar-refractivity contribution is -0.123. The van der Waals surface area contributed by atoms with Crippen LogP contribution < -0.4 is 30.4 Å². The summed E-state index contributed by atoms with van der Waals surface area (Å²) in [5.74, 6) is 1.65. The zero-order valence-electron chi connectivity index (χ0n) is 15.1. The highest BCUT2D eigenvalue weighted by Crippen LogP contribution is 2.32. The Kier molecular flexibility index (Phi) is 5.97. The van der Waals surface area contributed by atoms with Gasteiger partial charge in [-0.1, -0.05) is 6.07 Å². The monoisotopic (exact) mass is 387 g/mol. The molecule has 0 saturated carbocycles. The molecule has 1 aliphatic heterocycles. The first-order chi connectivity index (χ1) is 13.0. The third-order valence-electron chi connectivity index (χ3n) is 3.96. The summed E-state index contributed by atoms with van der Waals surface area (Å²) in [5, 5.41) is 3.21. The number of hydrazine groups is 1. The van der Waals surface area contributed by atoms with Crippen molar-refractivity contribution < 1.29 is 19.0 Å². The highest BCUT2D eigenvalue weighted by atomic mass is 32.1. The minimum absolute atomic E-state index is 0.123. The van der Waals surface area contributed by atoms with Gasteiger partial charge in [0, 0.05) is 11.8 Å².